The first-order valence-electron chi connectivity index (χ1n) is 7.17. The summed E-state index contributed by atoms with van der Waals surface area (Å²) in [6.45, 7) is 2.04. The minimum atomic E-state index is -0.604. The van der Waals surface area contributed by atoms with Gasteiger partial charge >= 0.3 is 5.97 Å². The lowest BCUT2D eigenvalue weighted by atomic mass is 9.92. The van der Waals surface area contributed by atoms with Crippen LogP contribution in [0.4, 0.5) is 0 Å². The van der Waals surface area contributed by atoms with Crippen LogP contribution in [0, 0.1) is 0 Å². The number of Topliss-reactive ketones (excluding diaryl/α,β-unsaturated/α-hetero) is 1. The van der Waals surface area contributed by atoms with Crippen LogP contribution in [0.2, 0.25) is 10.0 Å². The monoisotopic (exact) mass is 354 g/mol. The molecule has 1 aromatic carbocycles. The molecule has 1 N–H and O–H groups in total. The fourth-order valence-corrected chi connectivity index (χ4v) is 2.73. The van der Waals surface area contributed by atoms with Crippen molar-refractivity contribution in [1.29, 1.82) is 0 Å². The number of rotatable bonds is 7. The Morgan fingerprint density at radius 2 is 2.13 bits per heavy atom. The first-order chi connectivity index (χ1) is 11.0. The summed E-state index contributed by atoms with van der Waals surface area (Å²) in [7, 11) is 0. The summed E-state index contributed by atoms with van der Waals surface area (Å²) in [4.78, 5) is 31.4. The molecule has 0 fully saturated rings. The summed E-state index contributed by atoms with van der Waals surface area (Å²) < 4.78 is 4.91. The summed E-state index contributed by atoms with van der Waals surface area (Å²) in [5.74, 6) is -0.677. The standard InChI is InChI=1S/C16H16Cl2N2O3/c1-2-23-14(21)6-5-12(16-19-7-8-20-16)15(22)11-4-3-10(17)9-13(11)18/h3-4,7-9,12H,2,5-6H2,1H3,(H,19,20). The van der Waals surface area contributed by atoms with Gasteiger partial charge in [0.1, 0.15) is 5.82 Å². The molecule has 0 spiro atoms. The van der Waals surface area contributed by atoms with Crippen LogP contribution in [0.25, 0.3) is 0 Å². The largest absolute Gasteiger partial charge is 0.466 e. The van der Waals surface area contributed by atoms with Gasteiger partial charge in [0.05, 0.1) is 17.5 Å². The van der Waals surface area contributed by atoms with Crippen molar-refractivity contribution in [2.75, 3.05) is 6.61 Å². The van der Waals surface area contributed by atoms with Crippen molar-refractivity contribution in [3.05, 3.63) is 52.0 Å². The summed E-state index contributed by atoms with van der Waals surface area (Å²) >= 11 is 12.0. The zero-order chi connectivity index (χ0) is 16.8. The Morgan fingerprint density at radius 3 is 2.74 bits per heavy atom. The Kier molecular flexibility index (Phi) is 6.19. The maximum Gasteiger partial charge on any atom is 0.305 e. The highest BCUT2D eigenvalue weighted by atomic mass is 35.5. The minimum Gasteiger partial charge on any atom is -0.466 e. The number of carbonyl (C=O) groups is 2. The Hall–Kier alpha value is -1.85. The topological polar surface area (TPSA) is 72.1 Å². The zero-order valence-electron chi connectivity index (χ0n) is 12.5. The zero-order valence-corrected chi connectivity index (χ0v) is 14.0. The molecule has 2 rings (SSSR count). The van der Waals surface area contributed by atoms with E-state index in [0.29, 0.717) is 23.0 Å². The van der Waals surface area contributed by atoms with Crippen LogP contribution in [0.1, 0.15) is 41.9 Å². The number of ether oxygens (including phenoxy) is 1. The van der Waals surface area contributed by atoms with Crippen molar-refractivity contribution >= 4 is 35.0 Å². The van der Waals surface area contributed by atoms with Gasteiger partial charge in [-0.25, -0.2) is 4.98 Å². The number of aromatic amines is 1. The molecule has 0 amide bonds. The van der Waals surface area contributed by atoms with Crippen LogP contribution in [0.5, 0.6) is 0 Å². The van der Waals surface area contributed by atoms with Gasteiger partial charge in [-0.05, 0) is 31.5 Å². The van der Waals surface area contributed by atoms with E-state index in [1.165, 1.54) is 6.07 Å². The lowest BCUT2D eigenvalue weighted by Crippen LogP contribution is -2.17. The first-order valence-corrected chi connectivity index (χ1v) is 7.92. The molecule has 0 bridgehead atoms. The molecule has 23 heavy (non-hydrogen) atoms. The smallest absolute Gasteiger partial charge is 0.305 e. The fourth-order valence-electron chi connectivity index (χ4n) is 2.23. The van der Waals surface area contributed by atoms with Crippen LogP contribution in [0.15, 0.2) is 30.6 Å². The van der Waals surface area contributed by atoms with Crippen molar-refractivity contribution in [2.45, 2.75) is 25.7 Å². The predicted molar refractivity (Wildman–Crippen MR) is 88.0 cm³/mol. The second-order valence-corrected chi connectivity index (χ2v) is 5.70. The Balaban J connectivity index is 2.23. The number of halogens is 2. The molecule has 1 aromatic heterocycles. The number of nitrogens with zero attached hydrogens (tertiary/aromatic N) is 1. The van der Waals surface area contributed by atoms with Crippen molar-refractivity contribution in [3.8, 4) is 0 Å². The Labute approximate surface area is 144 Å². The average Bonchev–Trinajstić information content (AvgIpc) is 3.01. The molecular formula is C16H16Cl2N2O3. The Morgan fingerprint density at radius 1 is 1.35 bits per heavy atom. The first kappa shape index (κ1) is 17.5. The third kappa shape index (κ3) is 4.56. The van der Waals surface area contributed by atoms with Crippen LogP contribution >= 0.6 is 23.2 Å². The van der Waals surface area contributed by atoms with E-state index in [2.05, 4.69) is 9.97 Å². The fraction of sp³-hybridized carbons (Fsp3) is 0.312. The number of carbonyl (C=O) groups excluding carboxylic acids is 2. The SMILES string of the molecule is CCOC(=O)CCC(C(=O)c1ccc(Cl)cc1Cl)c1ncc[nH]1. The number of benzene rings is 1. The molecule has 0 aliphatic rings. The quantitative estimate of drug-likeness (QED) is 0.601. The maximum absolute atomic E-state index is 12.8. The molecule has 7 heteroatoms. The molecule has 5 nitrogen and oxygen atoms in total. The molecule has 0 radical (unpaired) electrons. The molecule has 2 aromatic rings. The number of aromatic nitrogens is 2. The molecule has 0 saturated carbocycles. The summed E-state index contributed by atoms with van der Waals surface area (Å²) in [5.41, 5.74) is 0.348. The van der Waals surface area contributed by atoms with E-state index in [4.69, 9.17) is 27.9 Å². The highest BCUT2D eigenvalue weighted by Gasteiger charge is 2.26. The summed E-state index contributed by atoms with van der Waals surface area (Å²) in [5, 5.41) is 0.725. The molecular weight excluding hydrogens is 339 g/mol. The van der Waals surface area contributed by atoms with Gasteiger partial charge in [-0.1, -0.05) is 23.2 Å². The van der Waals surface area contributed by atoms with E-state index in [0.717, 1.165) is 0 Å². The van der Waals surface area contributed by atoms with E-state index in [-0.39, 0.29) is 29.6 Å². The van der Waals surface area contributed by atoms with Gasteiger partial charge in [0.2, 0.25) is 0 Å². The number of nitrogens with one attached hydrogen (secondary N) is 1. The van der Waals surface area contributed by atoms with Gasteiger partial charge in [-0.2, -0.15) is 0 Å². The van der Waals surface area contributed by atoms with Crippen LogP contribution in [0.3, 0.4) is 0 Å². The predicted octanol–water partition coefficient (Wildman–Crippen LogP) is 4.03. The summed E-state index contributed by atoms with van der Waals surface area (Å²) in [6, 6.07) is 4.69. The van der Waals surface area contributed by atoms with Crippen LogP contribution < -0.4 is 0 Å². The van der Waals surface area contributed by atoms with Crippen molar-refractivity contribution in [1.82, 2.24) is 9.97 Å². The molecule has 0 saturated heterocycles. The van der Waals surface area contributed by atoms with Gasteiger partial charge < -0.3 is 9.72 Å². The van der Waals surface area contributed by atoms with Crippen molar-refractivity contribution in [2.24, 2.45) is 0 Å². The number of esters is 1. The lowest BCUT2D eigenvalue weighted by Gasteiger charge is -2.14. The maximum atomic E-state index is 12.8. The molecule has 1 atom stereocenters. The normalized spacial score (nSPS) is 12.0. The third-order valence-electron chi connectivity index (χ3n) is 3.30. The third-order valence-corrected chi connectivity index (χ3v) is 3.85. The molecule has 0 aliphatic heterocycles. The average molecular weight is 355 g/mol. The van der Waals surface area contributed by atoms with Crippen molar-refractivity contribution < 1.29 is 14.3 Å². The van der Waals surface area contributed by atoms with E-state index in [9.17, 15) is 9.59 Å². The van der Waals surface area contributed by atoms with E-state index >= 15 is 0 Å². The number of imidazole rings is 1. The number of hydrogen-bond acceptors (Lipinski definition) is 4. The molecule has 0 aliphatic carbocycles. The second-order valence-electron chi connectivity index (χ2n) is 4.86. The number of ketones is 1. The molecule has 1 unspecified atom stereocenters. The van der Waals surface area contributed by atoms with Gasteiger partial charge in [0.15, 0.2) is 5.78 Å². The van der Waals surface area contributed by atoms with E-state index in [1.54, 1.807) is 31.5 Å². The van der Waals surface area contributed by atoms with Crippen LogP contribution in [-0.4, -0.2) is 28.3 Å². The highest BCUT2D eigenvalue weighted by Crippen LogP contribution is 2.29. The van der Waals surface area contributed by atoms with E-state index in [1.807, 2.05) is 0 Å². The van der Waals surface area contributed by atoms with Gasteiger partial charge in [-0.3, -0.25) is 9.59 Å². The van der Waals surface area contributed by atoms with Crippen molar-refractivity contribution in [3.63, 3.8) is 0 Å². The lowest BCUT2D eigenvalue weighted by molar-refractivity contribution is -0.143. The van der Waals surface area contributed by atoms with Gasteiger partial charge in [-0.15, -0.1) is 0 Å². The number of hydrogen-bond donors (Lipinski definition) is 1. The van der Waals surface area contributed by atoms with E-state index < -0.39 is 5.92 Å². The second kappa shape index (κ2) is 8.13. The van der Waals surface area contributed by atoms with Gasteiger partial charge in [0.25, 0.3) is 0 Å². The minimum absolute atomic E-state index is 0.121. The molecule has 122 valence electrons. The molecule has 1 heterocycles. The summed E-state index contributed by atoms with van der Waals surface area (Å²) in [6.07, 6.45) is 3.59. The van der Waals surface area contributed by atoms with Crippen LogP contribution in [-0.2, 0) is 9.53 Å². The van der Waals surface area contributed by atoms with Gasteiger partial charge in [0, 0.05) is 29.4 Å². The number of H-pyrrole nitrogens is 1. The highest BCUT2D eigenvalue weighted by molar-refractivity contribution is 6.37. The Bertz CT molecular complexity index is 687.